The summed E-state index contributed by atoms with van der Waals surface area (Å²) in [5.74, 6) is 3.68. The van der Waals surface area contributed by atoms with Gasteiger partial charge in [-0.2, -0.15) is 0 Å². The molecule has 91 heavy (non-hydrogen) atoms. The number of hydrogen-bond donors (Lipinski definition) is 0. The van der Waals surface area contributed by atoms with E-state index in [-0.39, 0.29) is 21.7 Å². The molecule has 7 heteroatoms. The van der Waals surface area contributed by atoms with E-state index in [0.29, 0.717) is 44.7 Å². The van der Waals surface area contributed by atoms with E-state index in [1.807, 2.05) is 7.11 Å². The van der Waals surface area contributed by atoms with E-state index < -0.39 is 23.8 Å². The van der Waals surface area contributed by atoms with Crippen molar-refractivity contribution in [2.45, 2.75) is 130 Å². The maximum Gasteiger partial charge on any atom is 0.126 e. The highest BCUT2D eigenvalue weighted by Gasteiger charge is 2.31. The first-order chi connectivity index (χ1) is 43.6. The lowest BCUT2D eigenvalue weighted by Crippen LogP contribution is -2.20. The van der Waals surface area contributed by atoms with Crippen LogP contribution in [0.1, 0.15) is 150 Å². The first-order valence-corrected chi connectivity index (χ1v) is 36.9. The molecule has 10 aromatic rings. The summed E-state index contributed by atoms with van der Waals surface area (Å²) in [7, 11) is -0.936. The van der Waals surface area contributed by atoms with E-state index in [0.717, 1.165) is 67.5 Å². The van der Waals surface area contributed by atoms with Gasteiger partial charge in [0.25, 0.3) is 0 Å². The van der Waals surface area contributed by atoms with Crippen molar-refractivity contribution in [1.82, 2.24) is 0 Å². The Labute approximate surface area is 548 Å². The summed E-state index contributed by atoms with van der Waals surface area (Å²) < 4.78 is 30.2. The standard InChI is InChI=1S/C84H91O4P3/c1-81(2,3)67-48-59-44-61-50-68(82(4,5)6)52-63(78(61)86-56-89(71-32-20-14-21-33-71)72-34-22-15-23-35-72)46-65-54-70(84(10,11)12)55-66(80(65)88-58-91(75-40-28-18-29-41-75)76-42-30-19-31-43-76)47-64-53-69(83(7,8)9)51-62(45-60(49-67)77(59)85-13)79(64)87-57-90(73-36-24-16-25-37-73)74-38-26-17-27-39-74/h14-43,48-55H,44-47,56-58H2,1-13H3. The second kappa shape index (κ2) is 27.9. The maximum absolute atomic E-state index is 7.84. The molecule has 0 atom stereocenters. The molecular weight excluding hydrogens is 1170 g/mol. The molecule has 4 nitrogen and oxygen atoms in total. The number of methoxy groups -OCH3 is 1. The van der Waals surface area contributed by atoms with Crippen LogP contribution in [0.3, 0.4) is 0 Å². The van der Waals surface area contributed by atoms with E-state index >= 15 is 0 Å². The first kappa shape index (κ1) is 65.2. The summed E-state index contributed by atoms with van der Waals surface area (Å²) in [5, 5.41) is 7.67. The average Bonchev–Trinajstić information content (AvgIpc) is 0.792. The van der Waals surface area contributed by atoms with E-state index in [1.54, 1.807) is 0 Å². The second-order valence-electron chi connectivity index (χ2n) is 28.5. The SMILES string of the molecule is COc1c2cc(C(C)(C)C)cc1Cc1cc(C(C)(C)C)cc(c1OCP(c1ccccc1)c1ccccc1)Cc1cc(C(C)(C)C)cc(c1OCP(c1ccccc1)c1ccccc1)Cc1cc(C(C)(C)C)cc(c1OCP(c1ccccc1)c1ccccc1)C2. The highest BCUT2D eigenvalue weighted by atomic mass is 31.1. The Morgan fingerprint density at radius 1 is 0.253 bits per heavy atom. The third kappa shape index (κ3) is 15.6. The lowest BCUT2D eigenvalue weighted by molar-refractivity contribution is 0.373. The van der Waals surface area contributed by atoms with Gasteiger partial charge in [-0.05, 0) is 144 Å². The van der Waals surface area contributed by atoms with E-state index in [2.05, 4.69) is 314 Å². The van der Waals surface area contributed by atoms with Gasteiger partial charge in [0.05, 0.1) is 7.11 Å². The Kier molecular flexibility index (Phi) is 20.0. The van der Waals surface area contributed by atoms with Crippen molar-refractivity contribution in [3.05, 3.63) is 297 Å². The highest BCUT2D eigenvalue weighted by Crippen LogP contribution is 2.47. The molecule has 10 aromatic carbocycles. The van der Waals surface area contributed by atoms with Crippen LogP contribution in [-0.4, -0.2) is 26.2 Å². The quantitative estimate of drug-likeness (QED) is 0.0904. The van der Waals surface area contributed by atoms with Crippen LogP contribution in [0.25, 0.3) is 0 Å². The van der Waals surface area contributed by atoms with Crippen LogP contribution in [0.15, 0.2) is 231 Å². The third-order valence-corrected chi connectivity index (χ3v) is 24.3. The Balaban J connectivity index is 1.21. The van der Waals surface area contributed by atoms with E-state index in [9.17, 15) is 0 Å². The molecule has 0 unspecified atom stereocenters. The molecule has 11 rings (SSSR count). The van der Waals surface area contributed by atoms with Crippen molar-refractivity contribution < 1.29 is 18.9 Å². The Morgan fingerprint density at radius 2 is 0.418 bits per heavy atom. The molecule has 0 heterocycles. The Hall–Kier alpha value is -7.31. The van der Waals surface area contributed by atoms with Crippen LogP contribution < -0.4 is 50.8 Å². The molecule has 0 aliphatic heterocycles. The Morgan fingerprint density at radius 3 is 0.571 bits per heavy atom. The zero-order chi connectivity index (χ0) is 64.1. The lowest BCUT2D eigenvalue weighted by atomic mass is 9.79. The summed E-state index contributed by atoms with van der Waals surface area (Å²) >= 11 is 0. The smallest absolute Gasteiger partial charge is 0.126 e. The number of ether oxygens (including phenoxy) is 4. The number of fused-ring (bicyclic) bond motifs is 8. The van der Waals surface area contributed by atoms with E-state index in [1.165, 1.54) is 54.1 Å². The van der Waals surface area contributed by atoms with Gasteiger partial charge >= 0.3 is 0 Å². The molecule has 0 saturated heterocycles. The molecule has 0 saturated carbocycles. The van der Waals surface area contributed by atoms with Gasteiger partial charge in [-0.3, -0.25) is 0 Å². The normalized spacial score (nSPS) is 12.9. The van der Waals surface area contributed by atoms with Crippen LogP contribution in [-0.2, 0) is 47.3 Å². The van der Waals surface area contributed by atoms with Crippen molar-refractivity contribution in [2.75, 3.05) is 26.2 Å². The summed E-state index contributed by atoms with van der Waals surface area (Å²) in [5.41, 5.74) is 13.4. The van der Waals surface area contributed by atoms with Gasteiger partial charge in [0, 0.05) is 25.7 Å². The monoisotopic (exact) mass is 1260 g/mol. The molecule has 0 radical (unpaired) electrons. The van der Waals surface area contributed by atoms with E-state index in [4.69, 9.17) is 18.9 Å². The van der Waals surface area contributed by atoms with Gasteiger partial charge < -0.3 is 18.9 Å². The molecule has 0 amide bonds. The number of hydrogen-bond acceptors (Lipinski definition) is 4. The van der Waals surface area contributed by atoms with Crippen molar-refractivity contribution in [3.8, 4) is 23.0 Å². The molecule has 0 spiro atoms. The van der Waals surface area contributed by atoms with Crippen LogP contribution in [0.4, 0.5) is 0 Å². The molecule has 0 N–H and O–H groups in total. The maximum atomic E-state index is 7.84. The third-order valence-electron chi connectivity index (χ3n) is 17.6. The van der Waals surface area contributed by atoms with Crippen LogP contribution in [0.5, 0.6) is 23.0 Å². The van der Waals surface area contributed by atoms with Gasteiger partial charge in [0.2, 0.25) is 0 Å². The molecule has 0 fully saturated rings. The summed E-state index contributed by atoms with van der Waals surface area (Å²) in [4.78, 5) is 0. The summed E-state index contributed by atoms with van der Waals surface area (Å²) in [6.45, 7) is 28.1. The highest BCUT2D eigenvalue weighted by molar-refractivity contribution is 7.73. The van der Waals surface area contributed by atoms with Gasteiger partial charge in [-0.1, -0.05) is 314 Å². The molecular formula is C84H91O4P3. The Bertz CT molecular complexity index is 3750. The summed E-state index contributed by atoms with van der Waals surface area (Å²) in [6, 6.07) is 85.5. The van der Waals surface area contributed by atoms with Gasteiger partial charge in [0.1, 0.15) is 42.0 Å². The average molecular weight is 1260 g/mol. The fourth-order valence-corrected chi connectivity index (χ4v) is 18.1. The zero-order valence-corrected chi connectivity index (χ0v) is 58.5. The predicted octanol–water partition coefficient (Wildman–Crippen LogP) is 19.0. The number of rotatable bonds is 16. The minimum atomic E-state index is -0.947. The van der Waals surface area contributed by atoms with Crippen molar-refractivity contribution in [3.63, 3.8) is 0 Å². The zero-order valence-electron chi connectivity index (χ0n) is 55.9. The van der Waals surface area contributed by atoms with Gasteiger partial charge in [-0.25, -0.2) is 0 Å². The largest absolute Gasteiger partial charge is 0.496 e. The topological polar surface area (TPSA) is 36.9 Å². The lowest BCUT2D eigenvalue weighted by Gasteiger charge is -2.30. The minimum Gasteiger partial charge on any atom is -0.496 e. The van der Waals surface area contributed by atoms with Crippen LogP contribution in [0.2, 0.25) is 0 Å². The van der Waals surface area contributed by atoms with Gasteiger partial charge in [-0.15, -0.1) is 0 Å². The molecule has 1 aliphatic carbocycles. The van der Waals surface area contributed by atoms with Crippen molar-refractivity contribution in [1.29, 1.82) is 0 Å². The minimum absolute atomic E-state index is 0.181. The summed E-state index contributed by atoms with van der Waals surface area (Å²) in [6.07, 6.45) is 3.82. The van der Waals surface area contributed by atoms with Crippen LogP contribution in [0, 0.1) is 0 Å². The number of benzene rings is 10. The molecule has 0 aromatic heterocycles. The predicted molar refractivity (Wildman–Crippen MR) is 392 cm³/mol. The molecule has 1 aliphatic rings. The molecule has 8 bridgehead atoms. The van der Waals surface area contributed by atoms with Crippen LogP contribution >= 0.6 is 23.8 Å². The van der Waals surface area contributed by atoms with Gasteiger partial charge in [0.15, 0.2) is 0 Å². The second-order valence-corrected chi connectivity index (χ2v) is 35.0. The first-order valence-electron chi connectivity index (χ1n) is 32.3. The molecule has 466 valence electrons. The fraction of sp³-hybridized carbons (Fsp3) is 0.286. The fourth-order valence-electron chi connectivity index (χ4n) is 12.4. The van der Waals surface area contributed by atoms with Crippen molar-refractivity contribution in [2.24, 2.45) is 0 Å². The van der Waals surface area contributed by atoms with Crippen molar-refractivity contribution >= 4 is 55.6 Å².